The first kappa shape index (κ1) is 14.3. The van der Waals surface area contributed by atoms with Crippen LogP contribution in [0.3, 0.4) is 0 Å². The lowest BCUT2D eigenvalue weighted by atomic mass is 9.70. The summed E-state index contributed by atoms with van der Waals surface area (Å²) >= 11 is 0. The fraction of sp³-hybridized carbons (Fsp3) is 0.625. The summed E-state index contributed by atoms with van der Waals surface area (Å²) in [6.07, 6.45) is 3.53. The third-order valence-corrected chi connectivity index (χ3v) is 4.08. The molecule has 1 aromatic rings. The van der Waals surface area contributed by atoms with E-state index < -0.39 is 0 Å². The van der Waals surface area contributed by atoms with E-state index in [0.717, 1.165) is 24.4 Å². The van der Waals surface area contributed by atoms with Gasteiger partial charge in [0.05, 0.1) is 7.11 Å². The fourth-order valence-corrected chi connectivity index (χ4v) is 2.70. The highest BCUT2D eigenvalue weighted by molar-refractivity contribution is 5.29. The second-order valence-corrected chi connectivity index (χ2v) is 5.83. The molecule has 0 saturated heterocycles. The molecule has 0 bridgehead atoms. The van der Waals surface area contributed by atoms with Crippen molar-refractivity contribution in [2.45, 2.75) is 39.2 Å². The molecule has 106 valence electrons. The predicted molar refractivity (Wildman–Crippen MR) is 76.0 cm³/mol. The second kappa shape index (κ2) is 6.38. The van der Waals surface area contributed by atoms with Gasteiger partial charge in [-0.15, -0.1) is 0 Å². The molecule has 1 fully saturated rings. The van der Waals surface area contributed by atoms with Crippen molar-refractivity contribution in [3.05, 3.63) is 29.6 Å². The van der Waals surface area contributed by atoms with Gasteiger partial charge in [0.25, 0.3) is 0 Å². The average molecular weight is 265 g/mol. The third-order valence-electron chi connectivity index (χ3n) is 4.08. The minimum absolute atomic E-state index is 0.254. The van der Waals surface area contributed by atoms with Crippen molar-refractivity contribution >= 4 is 0 Å². The van der Waals surface area contributed by atoms with Crippen LogP contribution in [-0.4, -0.2) is 19.7 Å². The molecule has 0 spiro atoms. The van der Waals surface area contributed by atoms with E-state index in [1.165, 1.54) is 20.0 Å². The van der Waals surface area contributed by atoms with E-state index in [2.05, 4.69) is 19.2 Å². The summed E-state index contributed by atoms with van der Waals surface area (Å²) in [4.78, 5) is 0. The Morgan fingerprint density at radius 2 is 2.05 bits per heavy atom. The molecule has 0 radical (unpaired) electrons. The Kier molecular flexibility index (Phi) is 4.81. The maximum absolute atomic E-state index is 13.6. The zero-order valence-electron chi connectivity index (χ0n) is 12.1. The van der Waals surface area contributed by atoms with E-state index >= 15 is 0 Å². The quantitative estimate of drug-likeness (QED) is 0.851. The molecule has 1 aromatic carbocycles. The van der Waals surface area contributed by atoms with Crippen LogP contribution in [0.5, 0.6) is 5.75 Å². The van der Waals surface area contributed by atoms with Crippen LogP contribution >= 0.6 is 0 Å². The normalized spacial score (nSPS) is 22.4. The maximum Gasteiger partial charge on any atom is 0.165 e. The van der Waals surface area contributed by atoms with E-state index in [4.69, 9.17) is 4.74 Å². The van der Waals surface area contributed by atoms with Crippen LogP contribution in [0, 0.1) is 17.7 Å². The first-order chi connectivity index (χ1) is 9.10. The van der Waals surface area contributed by atoms with Gasteiger partial charge >= 0.3 is 0 Å². The Hall–Kier alpha value is -1.09. The molecule has 2 atom stereocenters. The van der Waals surface area contributed by atoms with Gasteiger partial charge in [-0.2, -0.15) is 0 Å². The zero-order valence-corrected chi connectivity index (χ0v) is 12.1. The van der Waals surface area contributed by atoms with Gasteiger partial charge in [0.1, 0.15) is 0 Å². The molecular weight excluding hydrogens is 241 g/mol. The number of halogens is 1. The van der Waals surface area contributed by atoms with E-state index in [0.29, 0.717) is 17.7 Å². The molecule has 0 heterocycles. The average Bonchev–Trinajstić information content (AvgIpc) is 2.34. The van der Waals surface area contributed by atoms with E-state index in [9.17, 15) is 4.39 Å². The zero-order chi connectivity index (χ0) is 13.8. The highest BCUT2D eigenvalue weighted by atomic mass is 19.1. The van der Waals surface area contributed by atoms with Crippen LogP contribution in [0.25, 0.3) is 0 Å². The van der Waals surface area contributed by atoms with Crippen LogP contribution in [0.4, 0.5) is 4.39 Å². The second-order valence-electron chi connectivity index (χ2n) is 5.83. The lowest BCUT2D eigenvalue weighted by molar-refractivity contribution is 0.167. The molecule has 2 unspecified atom stereocenters. The van der Waals surface area contributed by atoms with Crippen LogP contribution in [0.15, 0.2) is 18.2 Å². The molecule has 3 heteroatoms. The molecule has 2 rings (SSSR count). The summed E-state index contributed by atoms with van der Waals surface area (Å²) in [7, 11) is 1.50. The Labute approximate surface area is 115 Å². The number of ether oxygens (including phenoxy) is 1. The van der Waals surface area contributed by atoms with Crippen molar-refractivity contribution in [2.75, 3.05) is 13.7 Å². The lowest BCUT2D eigenvalue weighted by Crippen LogP contribution is -2.38. The van der Waals surface area contributed by atoms with E-state index in [1.807, 2.05) is 6.07 Å². The van der Waals surface area contributed by atoms with Crippen LogP contribution in [0.2, 0.25) is 0 Å². The highest BCUT2D eigenvalue weighted by Gasteiger charge is 2.30. The van der Waals surface area contributed by atoms with Gasteiger partial charge in [0, 0.05) is 6.04 Å². The SMILES string of the molecule is COc1ccc(CC2CCC2CNC(C)C)cc1F. The van der Waals surface area contributed by atoms with Crippen molar-refractivity contribution in [1.82, 2.24) is 5.32 Å². The Morgan fingerprint density at radius 3 is 2.58 bits per heavy atom. The van der Waals surface area contributed by atoms with Crippen molar-refractivity contribution in [3.63, 3.8) is 0 Å². The number of benzene rings is 1. The van der Waals surface area contributed by atoms with Gasteiger partial charge in [-0.05, 0) is 55.3 Å². The molecule has 1 aliphatic carbocycles. The Balaban J connectivity index is 1.89. The van der Waals surface area contributed by atoms with Crippen LogP contribution < -0.4 is 10.1 Å². The van der Waals surface area contributed by atoms with E-state index in [1.54, 1.807) is 12.1 Å². The first-order valence-electron chi connectivity index (χ1n) is 7.16. The summed E-state index contributed by atoms with van der Waals surface area (Å²) in [6.45, 7) is 5.43. The fourth-order valence-electron chi connectivity index (χ4n) is 2.70. The van der Waals surface area contributed by atoms with Crippen molar-refractivity contribution in [1.29, 1.82) is 0 Å². The molecule has 1 N–H and O–H groups in total. The molecule has 0 amide bonds. The van der Waals surface area contributed by atoms with Crippen LogP contribution in [0.1, 0.15) is 32.3 Å². The van der Waals surface area contributed by atoms with Crippen molar-refractivity contribution in [2.24, 2.45) is 11.8 Å². The summed E-state index contributed by atoms with van der Waals surface area (Å²) in [6, 6.07) is 5.86. The molecule has 0 aromatic heterocycles. The first-order valence-corrected chi connectivity index (χ1v) is 7.16. The Bertz CT molecular complexity index is 419. The number of hydrogen-bond acceptors (Lipinski definition) is 2. The maximum atomic E-state index is 13.6. The smallest absolute Gasteiger partial charge is 0.165 e. The minimum atomic E-state index is -0.254. The largest absolute Gasteiger partial charge is 0.494 e. The number of nitrogens with one attached hydrogen (secondary N) is 1. The van der Waals surface area contributed by atoms with Gasteiger partial charge in [0.2, 0.25) is 0 Å². The minimum Gasteiger partial charge on any atom is -0.494 e. The highest BCUT2D eigenvalue weighted by Crippen LogP contribution is 2.36. The van der Waals surface area contributed by atoms with Crippen molar-refractivity contribution in [3.8, 4) is 5.75 Å². The Morgan fingerprint density at radius 1 is 1.32 bits per heavy atom. The number of hydrogen-bond donors (Lipinski definition) is 1. The van der Waals surface area contributed by atoms with E-state index in [-0.39, 0.29) is 5.82 Å². The monoisotopic (exact) mass is 265 g/mol. The molecular formula is C16H24FNO. The molecule has 1 aliphatic rings. The van der Waals surface area contributed by atoms with Gasteiger partial charge in [-0.25, -0.2) is 4.39 Å². The lowest BCUT2D eigenvalue weighted by Gasteiger charge is -2.37. The molecule has 1 saturated carbocycles. The molecule has 2 nitrogen and oxygen atoms in total. The predicted octanol–water partition coefficient (Wildman–Crippen LogP) is 3.40. The van der Waals surface area contributed by atoms with Gasteiger partial charge in [-0.3, -0.25) is 0 Å². The summed E-state index contributed by atoms with van der Waals surface area (Å²) < 4.78 is 18.6. The number of methoxy groups -OCH3 is 1. The third kappa shape index (κ3) is 3.69. The van der Waals surface area contributed by atoms with Crippen LogP contribution in [-0.2, 0) is 6.42 Å². The van der Waals surface area contributed by atoms with Gasteiger partial charge in [0.15, 0.2) is 11.6 Å². The topological polar surface area (TPSA) is 21.3 Å². The van der Waals surface area contributed by atoms with Crippen molar-refractivity contribution < 1.29 is 9.13 Å². The van der Waals surface area contributed by atoms with Gasteiger partial charge < -0.3 is 10.1 Å². The summed E-state index contributed by atoms with van der Waals surface area (Å²) in [5.74, 6) is 1.51. The molecule has 0 aliphatic heterocycles. The summed E-state index contributed by atoms with van der Waals surface area (Å²) in [5, 5.41) is 3.50. The summed E-state index contributed by atoms with van der Waals surface area (Å²) in [5.41, 5.74) is 1.08. The standard InChI is InChI=1S/C16H24FNO/c1-11(2)18-10-14-6-5-13(14)8-12-4-7-16(19-3)15(17)9-12/h4,7,9,11,13-14,18H,5-6,8,10H2,1-3H3. The molecule has 19 heavy (non-hydrogen) atoms. The number of rotatable bonds is 6. The van der Waals surface area contributed by atoms with Gasteiger partial charge in [-0.1, -0.05) is 19.9 Å².